The van der Waals surface area contributed by atoms with Gasteiger partial charge in [0.2, 0.25) is 0 Å². The standard InChI is InChI=1S/C14H26O3/c1-2-3-4-8-13-10-9-12(14(16)17-13)7-5-6-11-15/h12-13,15H,2-11H2,1H3. The summed E-state index contributed by atoms with van der Waals surface area (Å²) in [6, 6.07) is 0. The van der Waals surface area contributed by atoms with Crippen molar-refractivity contribution in [3.05, 3.63) is 0 Å². The zero-order valence-electron chi connectivity index (χ0n) is 11.0. The smallest absolute Gasteiger partial charge is 0.309 e. The van der Waals surface area contributed by atoms with Crippen molar-refractivity contribution < 1.29 is 14.6 Å². The van der Waals surface area contributed by atoms with Crippen LogP contribution in [0.15, 0.2) is 0 Å². The van der Waals surface area contributed by atoms with Crippen molar-refractivity contribution in [2.45, 2.75) is 70.8 Å². The lowest BCUT2D eigenvalue weighted by Gasteiger charge is -2.28. The number of unbranched alkanes of at least 4 members (excludes halogenated alkanes) is 3. The fourth-order valence-electron chi connectivity index (χ4n) is 2.41. The van der Waals surface area contributed by atoms with E-state index in [1.165, 1.54) is 19.3 Å². The van der Waals surface area contributed by atoms with Crippen molar-refractivity contribution in [2.75, 3.05) is 6.61 Å². The molecule has 0 aromatic rings. The number of carbonyl (C=O) groups is 1. The van der Waals surface area contributed by atoms with Gasteiger partial charge in [-0.2, -0.15) is 0 Å². The Balaban J connectivity index is 2.17. The second-order valence-corrected chi connectivity index (χ2v) is 5.05. The first-order valence-electron chi connectivity index (χ1n) is 7.09. The van der Waals surface area contributed by atoms with Crippen molar-refractivity contribution in [3.63, 3.8) is 0 Å². The topological polar surface area (TPSA) is 46.5 Å². The summed E-state index contributed by atoms with van der Waals surface area (Å²) in [4.78, 5) is 11.7. The molecule has 0 aromatic heterocycles. The summed E-state index contributed by atoms with van der Waals surface area (Å²) in [5.74, 6) is 0.0830. The maximum absolute atomic E-state index is 11.7. The number of rotatable bonds is 8. The van der Waals surface area contributed by atoms with Crippen molar-refractivity contribution in [3.8, 4) is 0 Å². The molecule has 1 N–H and O–H groups in total. The largest absolute Gasteiger partial charge is 0.462 e. The van der Waals surface area contributed by atoms with Gasteiger partial charge >= 0.3 is 5.97 Å². The fourth-order valence-corrected chi connectivity index (χ4v) is 2.41. The Morgan fingerprint density at radius 2 is 1.94 bits per heavy atom. The van der Waals surface area contributed by atoms with Crippen LogP contribution in [0.1, 0.15) is 64.7 Å². The Labute approximate surface area is 105 Å². The van der Waals surface area contributed by atoms with Crippen LogP contribution in [-0.4, -0.2) is 23.8 Å². The Morgan fingerprint density at radius 3 is 2.59 bits per heavy atom. The van der Waals surface area contributed by atoms with Gasteiger partial charge in [-0.15, -0.1) is 0 Å². The van der Waals surface area contributed by atoms with Crippen LogP contribution in [0.2, 0.25) is 0 Å². The molecule has 3 nitrogen and oxygen atoms in total. The molecule has 0 amide bonds. The molecule has 1 rings (SSSR count). The Bertz CT molecular complexity index is 216. The summed E-state index contributed by atoms with van der Waals surface area (Å²) < 4.78 is 5.47. The number of ether oxygens (including phenoxy) is 1. The highest BCUT2D eigenvalue weighted by atomic mass is 16.5. The highest BCUT2D eigenvalue weighted by Crippen LogP contribution is 2.27. The minimum absolute atomic E-state index is 0.00399. The summed E-state index contributed by atoms with van der Waals surface area (Å²) in [5.41, 5.74) is 0. The first kappa shape index (κ1) is 14.5. The first-order valence-corrected chi connectivity index (χ1v) is 7.09. The Kier molecular flexibility index (Phi) is 7.25. The van der Waals surface area contributed by atoms with Gasteiger partial charge < -0.3 is 9.84 Å². The van der Waals surface area contributed by atoms with Crippen LogP contribution in [0.5, 0.6) is 0 Å². The van der Waals surface area contributed by atoms with Crippen LogP contribution in [-0.2, 0) is 9.53 Å². The predicted octanol–water partition coefficient (Wildman–Crippen LogP) is 3.05. The monoisotopic (exact) mass is 242 g/mol. The fraction of sp³-hybridized carbons (Fsp3) is 0.929. The van der Waals surface area contributed by atoms with E-state index in [9.17, 15) is 4.79 Å². The average molecular weight is 242 g/mol. The van der Waals surface area contributed by atoms with Gasteiger partial charge in [-0.05, 0) is 38.5 Å². The molecule has 0 saturated carbocycles. The summed E-state index contributed by atoms with van der Waals surface area (Å²) in [5, 5.41) is 8.71. The summed E-state index contributed by atoms with van der Waals surface area (Å²) >= 11 is 0. The summed E-state index contributed by atoms with van der Waals surface area (Å²) in [6.45, 7) is 2.41. The number of aliphatic hydroxyl groups is 1. The van der Waals surface area contributed by atoms with Gasteiger partial charge in [0, 0.05) is 6.61 Å². The van der Waals surface area contributed by atoms with Gasteiger partial charge in [-0.25, -0.2) is 0 Å². The zero-order valence-corrected chi connectivity index (χ0v) is 11.0. The Hall–Kier alpha value is -0.570. The van der Waals surface area contributed by atoms with Gasteiger partial charge in [-0.3, -0.25) is 4.79 Å². The van der Waals surface area contributed by atoms with Crippen molar-refractivity contribution >= 4 is 5.97 Å². The lowest BCUT2D eigenvalue weighted by Crippen LogP contribution is -2.31. The van der Waals surface area contributed by atoms with Crippen molar-refractivity contribution in [1.82, 2.24) is 0 Å². The maximum Gasteiger partial charge on any atom is 0.309 e. The van der Waals surface area contributed by atoms with Crippen LogP contribution in [0, 0.1) is 5.92 Å². The van der Waals surface area contributed by atoms with Crippen LogP contribution in [0.4, 0.5) is 0 Å². The van der Waals surface area contributed by atoms with Gasteiger partial charge in [-0.1, -0.05) is 26.2 Å². The minimum Gasteiger partial charge on any atom is -0.462 e. The molecule has 1 saturated heterocycles. The normalized spacial score (nSPS) is 24.7. The van der Waals surface area contributed by atoms with E-state index in [4.69, 9.17) is 9.84 Å². The maximum atomic E-state index is 11.7. The molecule has 1 aliphatic rings. The predicted molar refractivity (Wildman–Crippen MR) is 67.7 cm³/mol. The molecule has 0 aromatic carbocycles. The average Bonchev–Trinajstić information content (AvgIpc) is 2.32. The lowest BCUT2D eigenvalue weighted by atomic mass is 9.91. The van der Waals surface area contributed by atoms with E-state index in [0.717, 1.165) is 38.5 Å². The quantitative estimate of drug-likeness (QED) is 0.525. The number of hydrogen-bond donors (Lipinski definition) is 1. The van der Waals surface area contributed by atoms with E-state index in [1.54, 1.807) is 0 Å². The van der Waals surface area contributed by atoms with Crippen LogP contribution in [0.25, 0.3) is 0 Å². The lowest BCUT2D eigenvalue weighted by molar-refractivity contribution is -0.161. The molecule has 100 valence electrons. The molecular weight excluding hydrogens is 216 g/mol. The third-order valence-corrected chi connectivity index (χ3v) is 3.54. The third-order valence-electron chi connectivity index (χ3n) is 3.54. The van der Waals surface area contributed by atoms with E-state index < -0.39 is 0 Å². The molecule has 1 aliphatic heterocycles. The third kappa shape index (κ3) is 5.53. The van der Waals surface area contributed by atoms with Crippen LogP contribution in [0.3, 0.4) is 0 Å². The number of esters is 1. The highest BCUT2D eigenvalue weighted by Gasteiger charge is 2.28. The Morgan fingerprint density at radius 1 is 1.18 bits per heavy atom. The van der Waals surface area contributed by atoms with E-state index in [2.05, 4.69) is 6.92 Å². The molecule has 0 bridgehead atoms. The molecular formula is C14H26O3. The molecule has 0 aliphatic carbocycles. The molecule has 2 atom stereocenters. The van der Waals surface area contributed by atoms with Gasteiger partial charge in [0.15, 0.2) is 0 Å². The van der Waals surface area contributed by atoms with Crippen LogP contribution < -0.4 is 0 Å². The summed E-state index contributed by atoms with van der Waals surface area (Å²) in [7, 11) is 0. The van der Waals surface area contributed by atoms with E-state index in [0.29, 0.717) is 0 Å². The minimum atomic E-state index is -0.00399. The molecule has 17 heavy (non-hydrogen) atoms. The van der Waals surface area contributed by atoms with Crippen molar-refractivity contribution in [1.29, 1.82) is 0 Å². The number of carbonyl (C=O) groups excluding carboxylic acids is 1. The molecule has 2 unspecified atom stereocenters. The molecule has 1 fully saturated rings. The van der Waals surface area contributed by atoms with Crippen LogP contribution >= 0.6 is 0 Å². The number of cyclic esters (lactones) is 1. The van der Waals surface area contributed by atoms with Gasteiger partial charge in [0.05, 0.1) is 5.92 Å². The number of aliphatic hydroxyl groups excluding tert-OH is 1. The highest BCUT2D eigenvalue weighted by molar-refractivity contribution is 5.73. The zero-order chi connectivity index (χ0) is 12.5. The van der Waals surface area contributed by atoms with Gasteiger partial charge in [0.25, 0.3) is 0 Å². The van der Waals surface area contributed by atoms with E-state index in [-0.39, 0.29) is 24.6 Å². The summed E-state index contributed by atoms with van der Waals surface area (Å²) in [6.07, 6.45) is 9.41. The second-order valence-electron chi connectivity index (χ2n) is 5.05. The van der Waals surface area contributed by atoms with E-state index >= 15 is 0 Å². The second kappa shape index (κ2) is 8.51. The molecule has 0 radical (unpaired) electrons. The van der Waals surface area contributed by atoms with Crippen molar-refractivity contribution in [2.24, 2.45) is 5.92 Å². The molecule has 3 heteroatoms. The SMILES string of the molecule is CCCCCC1CCC(CCCCO)C(=O)O1. The molecule has 0 spiro atoms. The molecule has 1 heterocycles. The number of hydrogen-bond acceptors (Lipinski definition) is 3. The van der Waals surface area contributed by atoms with Gasteiger partial charge in [0.1, 0.15) is 6.10 Å². The van der Waals surface area contributed by atoms with E-state index in [1.807, 2.05) is 0 Å². The first-order chi connectivity index (χ1) is 8.27.